The van der Waals surface area contributed by atoms with Gasteiger partial charge in [0.15, 0.2) is 6.61 Å². The maximum absolute atomic E-state index is 12.3. The summed E-state index contributed by atoms with van der Waals surface area (Å²) in [6, 6.07) is 11.7. The average Bonchev–Trinajstić information content (AvgIpc) is 3.09. The number of carbonyl (C=O) groups is 1. The fraction of sp³-hybridized carbons (Fsp3) is 0.476. The van der Waals surface area contributed by atoms with Crippen LogP contribution in [0.4, 0.5) is 0 Å². The zero-order valence-corrected chi connectivity index (χ0v) is 16.4. The molecule has 0 radical (unpaired) electrons. The third-order valence-corrected chi connectivity index (χ3v) is 5.01. The molecule has 6 heteroatoms. The number of piperazine rings is 1. The first-order valence-electron chi connectivity index (χ1n) is 9.47. The van der Waals surface area contributed by atoms with Gasteiger partial charge >= 0.3 is 0 Å². The first kappa shape index (κ1) is 19.5. The number of furan rings is 1. The average molecular weight is 371 g/mol. The monoisotopic (exact) mass is 371 g/mol. The molecule has 0 aliphatic carbocycles. The molecule has 1 aromatic heterocycles. The minimum absolute atomic E-state index is 0.0114. The predicted molar refractivity (Wildman–Crippen MR) is 105 cm³/mol. The number of para-hydroxylation sites is 1. The second-order valence-corrected chi connectivity index (χ2v) is 7.16. The fourth-order valence-corrected chi connectivity index (χ4v) is 3.30. The Morgan fingerprint density at radius 3 is 2.56 bits per heavy atom. The van der Waals surface area contributed by atoms with Crippen molar-refractivity contribution in [3.8, 4) is 5.75 Å². The summed E-state index contributed by atoms with van der Waals surface area (Å²) >= 11 is 0. The van der Waals surface area contributed by atoms with E-state index >= 15 is 0 Å². The van der Waals surface area contributed by atoms with E-state index < -0.39 is 0 Å². The van der Waals surface area contributed by atoms with E-state index in [1.807, 2.05) is 50.2 Å². The van der Waals surface area contributed by atoms with Crippen molar-refractivity contribution in [3.63, 3.8) is 0 Å². The van der Waals surface area contributed by atoms with Crippen molar-refractivity contribution in [2.45, 2.75) is 19.9 Å². The number of carbonyl (C=O) groups excluding carboxylic acids is 1. The molecule has 1 aromatic carbocycles. The number of ether oxygens (including phenoxy) is 1. The van der Waals surface area contributed by atoms with E-state index in [0.717, 1.165) is 49.0 Å². The van der Waals surface area contributed by atoms with Gasteiger partial charge in [-0.25, -0.2) is 0 Å². The molecule has 0 spiro atoms. The Morgan fingerprint density at radius 1 is 1.15 bits per heavy atom. The van der Waals surface area contributed by atoms with Gasteiger partial charge in [0.1, 0.15) is 17.3 Å². The van der Waals surface area contributed by atoms with Crippen LogP contribution in [-0.4, -0.2) is 62.1 Å². The molecule has 1 fully saturated rings. The lowest BCUT2D eigenvalue weighted by molar-refractivity contribution is -0.123. The molecule has 2 heterocycles. The largest absolute Gasteiger partial charge is 0.484 e. The molecule has 3 rings (SSSR count). The number of nitrogens with one attached hydrogen (secondary N) is 1. The van der Waals surface area contributed by atoms with Crippen LogP contribution in [0.3, 0.4) is 0 Å². The highest BCUT2D eigenvalue weighted by Crippen LogP contribution is 2.23. The van der Waals surface area contributed by atoms with Crippen LogP contribution >= 0.6 is 0 Å². The zero-order valence-electron chi connectivity index (χ0n) is 16.4. The summed E-state index contributed by atoms with van der Waals surface area (Å²) in [5, 5.41) is 3.01. The van der Waals surface area contributed by atoms with Gasteiger partial charge in [-0.05, 0) is 44.7 Å². The van der Waals surface area contributed by atoms with E-state index in [0.29, 0.717) is 6.54 Å². The minimum Gasteiger partial charge on any atom is -0.484 e. The van der Waals surface area contributed by atoms with Gasteiger partial charge in [0.05, 0.1) is 6.04 Å². The highest BCUT2D eigenvalue weighted by Gasteiger charge is 2.26. The molecule has 0 bridgehead atoms. The van der Waals surface area contributed by atoms with Gasteiger partial charge < -0.3 is 19.4 Å². The van der Waals surface area contributed by atoms with Crippen LogP contribution in [0.15, 0.2) is 40.8 Å². The molecular weight excluding hydrogens is 342 g/mol. The lowest BCUT2D eigenvalue weighted by Gasteiger charge is -2.37. The van der Waals surface area contributed by atoms with Crippen LogP contribution < -0.4 is 10.1 Å². The van der Waals surface area contributed by atoms with Gasteiger partial charge in [-0.3, -0.25) is 9.69 Å². The Labute approximate surface area is 161 Å². The van der Waals surface area contributed by atoms with Crippen LogP contribution in [0.1, 0.15) is 23.1 Å². The number of hydrogen-bond donors (Lipinski definition) is 1. The summed E-state index contributed by atoms with van der Waals surface area (Å²) in [6.07, 6.45) is 0. The molecule has 1 aliphatic rings. The van der Waals surface area contributed by atoms with Crippen molar-refractivity contribution >= 4 is 5.91 Å². The molecule has 0 unspecified atom stereocenters. The van der Waals surface area contributed by atoms with E-state index in [1.165, 1.54) is 0 Å². The summed E-state index contributed by atoms with van der Waals surface area (Å²) in [5.41, 5.74) is 1.02. The molecule has 6 nitrogen and oxygen atoms in total. The van der Waals surface area contributed by atoms with Gasteiger partial charge in [0.25, 0.3) is 5.91 Å². The number of likely N-dealkylation sites (N-methyl/N-ethyl adjacent to an activating group) is 1. The van der Waals surface area contributed by atoms with Crippen LogP contribution in [0, 0.1) is 13.8 Å². The lowest BCUT2D eigenvalue weighted by atomic mass is 10.1. The molecule has 1 saturated heterocycles. The van der Waals surface area contributed by atoms with E-state index in [4.69, 9.17) is 9.15 Å². The second-order valence-electron chi connectivity index (χ2n) is 7.16. The van der Waals surface area contributed by atoms with Gasteiger partial charge in [-0.15, -0.1) is 0 Å². The second kappa shape index (κ2) is 9.06. The van der Waals surface area contributed by atoms with Crippen molar-refractivity contribution < 1.29 is 13.9 Å². The Morgan fingerprint density at radius 2 is 1.89 bits per heavy atom. The molecule has 1 aliphatic heterocycles. The van der Waals surface area contributed by atoms with Gasteiger partial charge in [0, 0.05) is 32.7 Å². The van der Waals surface area contributed by atoms with Gasteiger partial charge in [-0.2, -0.15) is 0 Å². The van der Waals surface area contributed by atoms with Gasteiger partial charge in [0.2, 0.25) is 0 Å². The van der Waals surface area contributed by atoms with E-state index in [-0.39, 0.29) is 18.6 Å². The first-order chi connectivity index (χ1) is 13.0. The van der Waals surface area contributed by atoms with Crippen molar-refractivity contribution in [1.29, 1.82) is 0 Å². The third-order valence-electron chi connectivity index (χ3n) is 5.01. The number of amides is 1. The normalized spacial score (nSPS) is 16.9. The minimum atomic E-state index is -0.124. The summed E-state index contributed by atoms with van der Waals surface area (Å²) in [7, 11) is 2.13. The van der Waals surface area contributed by atoms with Crippen molar-refractivity contribution in [2.75, 3.05) is 46.4 Å². The van der Waals surface area contributed by atoms with Crippen molar-refractivity contribution in [2.24, 2.45) is 0 Å². The number of nitrogens with zero attached hydrogens (tertiary/aromatic N) is 2. The molecule has 1 amide bonds. The molecule has 27 heavy (non-hydrogen) atoms. The van der Waals surface area contributed by atoms with Crippen LogP contribution in [0.25, 0.3) is 0 Å². The molecular formula is C21H29N3O3. The number of hydrogen-bond acceptors (Lipinski definition) is 5. The number of benzene rings is 1. The van der Waals surface area contributed by atoms with E-state index in [1.54, 1.807) is 0 Å². The van der Waals surface area contributed by atoms with Crippen molar-refractivity contribution in [1.82, 2.24) is 15.1 Å². The molecule has 1 N–H and O–H groups in total. The Hall–Kier alpha value is -2.31. The Balaban J connectivity index is 1.57. The van der Waals surface area contributed by atoms with Gasteiger partial charge in [-0.1, -0.05) is 18.2 Å². The van der Waals surface area contributed by atoms with Crippen LogP contribution in [0.5, 0.6) is 5.75 Å². The highest BCUT2D eigenvalue weighted by atomic mass is 16.5. The molecule has 1 atom stereocenters. The smallest absolute Gasteiger partial charge is 0.258 e. The topological polar surface area (TPSA) is 58.0 Å². The summed E-state index contributed by atoms with van der Waals surface area (Å²) in [4.78, 5) is 17.0. The molecule has 0 saturated carbocycles. The zero-order chi connectivity index (χ0) is 19.2. The predicted octanol–water partition coefficient (Wildman–Crippen LogP) is 2.38. The Bertz CT molecular complexity index is 751. The van der Waals surface area contributed by atoms with E-state index in [9.17, 15) is 4.79 Å². The lowest BCUT2D eigenvalue weighted by Crippen LogP contribution is -2.48. The molecule has 2 aromatic rings. The standard InChI is InChI=1S/C21H29N3O3/c1-16-6-4-5-7-19(16)26-15-21(25)22-14-18(20-9-8-17(2)27-20)24-12-10-23(3)11-13-24/h4-9,18H,10-15H2,1-3H3,(H,22,25)/t18-/m0/s1. The van der Waals surface area contributed by atoms with Crippen LogP contribution in [0.2, 0.25) is 0 Å². The third kappa shape index (κ3) is 5.34. The quantitative estimate of drug-likeness (QED) is 0.810. The summed E-state index contributed by atoms with van der Waals surface area (Å²) in [6.45, 7) is 8.37. The maximum Gasteiger partial charge on any atom is 0.258 e. The Kier molecular flexibility index (Phi) is 6.53. The fourth-order valence-electron chi connectivity index (χ4n) is 3.30. The maximum atomic E-state index is 12.3. The number of aryl methyl sites for hydroxylation is 2. The van der Waals surface area contributed by atoms with Crippen molar-refractivity contribution in [3.05, 3.63) is 53.5 Å². The SMILES string of the molecule is Cc1ccc([C@H](CNC(=O)COc2ccccc2C)N2CCN(C)CC2)o1. The highest BCUT2D eigenvalue weighted by molar-refractivity contribution is 5.77. The summed E-state index contributed by atoms with van der Waals surface area (Å²) < 4.78 is 11.5. The number of rotatable bonds is 7. The van der Waals surface area contributed by atoms with E-state index in [2.05, 4.69) is 22.2 Å². The first-order valence-corrected chi connectivity index (χ1v) is 9.47. The molecule has 146 valence electrons. The summed E-state index contributed by atoms with van der Waals surface area (Å²) in [5.74, 6) is 2.40. The van der Waals surface area contributed by atoms with Crippen LogP contribution in [-0.2, 0) is 4.79 Å².